The molecule has 0 heterocycles. The summed E-state index contributed by atoms with van der Waals surface area (Å²) in [6, 6.07) is -2.08. The molecule has 0 saturated carbocycles. The second kappa shape index (κ2) is 32.7. The molecule has 2 rings (SSSR count). The number of carboxylic acid groups (broad SMARTS) is 2. The minimum atomic E-state index is -1.95. The van der Waals surface area contributed by atoms with E-state index in [-0.39, 0.29) is 56.1 Å². The first-order valence-electron chi connectivity index (χ1n) is 24.4. The van der Waals surface area contributed by atoms with Crippen LogP contribution < -0.4 is 65.5 Å². The zero-order valence-electron chi connectivity index (χ0n) is 43.1. The summed E-state index contributed by atoms with van der Waals surface area (Å²) in [4.78, 5) is 147. The molecule has 30 heteroatoms. The molecule has 78 heavy (non-hydrogen) atoms. The predicted octanol–water partition coefficient (Wildman–Crippen LogP) is -5.98. The maximum Gasteiger partial charge on any atom is 0.326 e. The van der Waals surface area contributed by atoms with Gasteiger partial charge >= 0.3 is 11.9 Å². The largest absolute Gasteiger partial charge is 0.508 e. The van der Waals surface area contributed by atoms with Gasteiger partial charge in [-0.15, -0.1) is 0 Å². The van der Waals surface area contributed by atoms with Crippen molar-refractivity contribution in [1.29, 1.82) is 0 Å². The number of carbonyl (C=O) groups is 11. The van der Waals surface area contributed by atoms with E-state index in [1.165, 1.54) is 48.5 Å². The Bertz CT molecular complexity index is 2440. The van der Waals surface area contributed by atoms with Crippen LogP contribution in [0.15, 0.2) is 53.5 Å². The Balaban J connectivity index is 2.23. The lowest BCUT2D eigenvalue weighted by molar-refractivity contribution is -0.142. The quantitative estimate of drug-likeness (QED) is 0.0176. The number of carboxylic acids is 2. The van der Waals surface area contributed by atoms with Crippen LogP contribution in [0.1, 0.15) is 70.4 Å². The van der Waals surface area contributed by atoms with Gasteiger partial charge in [0, 0.05) is 25.8 Å². The second-order valence-corrected chi connectivity index (χ2v) is 18.1. The number of guanidine groups is 1. The number of carbonyl (C=O) groups excluding carboxylic acids is 9. The third-order valence-corrected chi connectivity index (χ3v) is 11.7. The van der Waals surface area contributed by atoms with E-state index < -0.39 is 151 Å². The molecule has 30 nitrogen and oxygen atoms in total. The number of primary amides is 1. The molecule has 22 N–H and O–H groups in total. The predicted molar refractivity (Wildman–Crippen MR) is 275 cm³/mol. The number of hydrogen-bond donors (Lipinski definition) is 18. The van der Waals surface area contributed by atoms with Crippen molar-refractivity contribution >= 4 is 71.1 Å². The molecular weight excluding hydrogens is 1030 g/mol. The van der Waals surface area contributed by atoms with E-state index in [0.717, 1.165) is 6.92 Å². The van der Waals surface area contributed by atoms with E-state index in [1.807, 2.05) is 0 Å². The molecule has 430 valence electrons. The van der Waals surface area contributed by atoms with Gasteiger partial charge in [0.2, 0.25) is 53.2 Å². The second-order valence-electron chi connectivity index (χ2n) is 18.1. The first kappa shape index (κ1) is 65.5. The number of aliphatic hydroxyl groups is 2. The van der Waals surface area contributed by atoms with E-state index in [0.29, 0.717) is 17.5 Å². The van der Waals surface area contributed by atoms with Crippen LogP contribution >= 0.6 is 0 Å². The third kappa shape index (κ3) is 23.5. The lowest BCUT2D eigenvalue weighted by atomic mass is 9.97. The standard InChI is InChI=1S/C48H71N13O17/c1-4-23(2)38(61-41(71)30(6-5-17-53-48(51)52)55-40(70)29(49)15-16-37(68)69)45(75)54-21-36(67)60-39(24(3)63)46(76)59-34(22-62)44(74)57-32(20-35(50)66)43(73)56-31(18-25-7-11-27(64)12-8-25)42(72)58-33(47(77)78)19-26-9-13-28(65)14-10-26/h7-14,23-24,29-34,38-39,62-65H,4-6,15-22,49H2,1-3H3,(H2,50,66)(H,54,75)(H,55,70)(H,56,73)(H,57,74)(H,58,72)(H,59,76)(H,60,67)(H,61,71)(H,68,69)(H,77,78)(H4,51,52,53)/t23-,24+,29-,30-,31-,32-,33-,34-,38-,39-/m0/s1. The average Bonchev–Trinajstić information content (AvgIpc) is 3.38. The minimum Gasteiger partial charge on any atom is -0.508 e. The molecule has 0 unspecified atom stereocenters. The molecule has 0 spiro atoms. The van der Waals surface area contributed by atoms with Gasteiger partial charge in [-0.25, -0.2) is 4.79 Å². The van der Waals surface area contributed by atoms with E-state index in [1.54, 1.807) is 13.8 Å². The van der Waals surface area contributed by atoms with Crippen LogP contribution in [0.3, 0.4) is 0 Å². The molecule has 0 radical (unpaired) electrons. The number of hydrogen-bond acceptors (Lipinski definition) is 17. The normalized spacial score (nSPS) is 14.7. The summed E-state index contributed by atoms with van der Waals surface area (Å²) in [6.45, 7) is 2.38. The maximum atomic E-state index is 13.8. The van der Waals surface area contributed by atoms with Crippen LogP contribution in [0.5, 0.6) is 11.5 Å². The minimum absolute atomic E-state index is 0.0483. The summed E-state index contributed by atoms with van der Waals surface area (Å²) < 4.78 is 0. The molecule has 0 aliphatic rings. The number of aliphatic hydroxyl groups excluding tert-OH is 2. The molecule has 10 atom stereocenters. The fourth-order valence-corrected chi connectivity index (χ4v) is 7.15. The zero-order chi connectivity index (χ0) is 58.8. The van der Waals surface area contributed by atoms with Crippen molar-refractivity contribution in [3.8, 4) is 11.5 Å². The summed E-state index contributed by atoms with van der Waals surface area (Å²) in [7, 11) is 0. The number of phenolic OH excluding ortho intramolecular Hbond substituents is 2. The number of nitrogens with one attached hydrogen (secondary N) is 8. The van der Waals surface area contributed by atoms with Gasteiger partial charge in [-0.1, -0.05) is 44.5 Å². The van der Waals surface area contributed by atoms with E-state index >= 15 is 0 Å². The summed E-state index contributed by atoms with van der Waals surface area (Å²) in [5.74, 6) is -13.4. The topological polar surface area (TPSA) is 522 Å². The summed E-state index contributed by atoms with van der Waals surface area (Å²) in [5.41, 5.74) is 22.7. The van der Waals surface area contributed by atoms with Crippen LogP contribution in [0, 0.1) is 5.92 Å². The van der Waals surface area contributed by atoms with Gasteiger partial charge in [0.25, 0.3) is 0 Å². The molecule has 0 saturated heterocycles. The lowest BCUT2D eigenvalue weighted by Gasteiger charge is -2.27. The number of amides is 9. The van der Waals surface area contributed by atoms with E-state index in [4.69, 9.17) is 28.0 Å². The maximum absolute atomic E-state index is 13.8. The lowest BCUT2D eigenvalue weighted by Crippen LogP contribution is -2.61. The van der Waals surface area contributed by atoms with Gasteiger partial charge in [0.1, 0.15) is 53.8 Å². The fraction of sp³-hybridized carbons (Fsp3) is 0.500. The van der Waals surface area contributed by atoms with Gasteiger partial charge in [0.15, 0.2) is 5.96 Å². The summed E-state index contributed by atoms with van der Waals surface area (Å²) in [6.07, 6.45) is -3.50. The van der Waals surface area contributed by atoms with E-state index in [2.05, 4.69) is 47.5 Å². The van der Waals surface area contributed by atoms with Crippen molar-refractivity contribution in [1.82, 2.24) is 42.5 Å². The summed E-state index contributed by atoms with van der Waals surface area (Å²) >= 11 is 0. The smallest absolute Gasteiger partial charge is 0.326 e. The highest BCUT2D eigenvalue weighted by molar-refractivity contribution is 5.99. The number of aromatic hydroxyl groups is 2. The van der Waals surface area contributed by atoms with Gasteiger partial charge in [-0.2, -0.15) is 0 Å². The molecule has 0 aliphatic heterocycles. The number of benzene rings is 2. The number of nitrogens with two attached hydrogens (primary N) is 4. The summed E-state index contributed by atoms with van der Waals surface area (Å²) in [5, 5.41) is 77.5. The van der Waals surface area contributed by atoms with Crippen LogP contribution in [-0.4, -0.2) is 176 Å². The third-order valence-electron chi connectivity index (χ3n) is 11.7. The Morgan fingerprint density at radius 3 is 1.58 bits per heavy atom. The van der Waals surface area contributed by atoms with Crippen LogP contribution in [-0.2, 0) is 65.6 Å². The first-order valence-corrected chi connectivity index (χ1v) is 24.4. The number of phenols is 2. The van der Waals surface area contributed by atoms with Gasteiger partial charge in [0.05, 0.1) is 31.7 Å². The number of aliphatic carboxylic acids is 2. The molecule has 0 fully saturated rings. The van der Waals surface area contributed by atoms with Crippen molar-refractivity contribution in [3.05, 3.63) is 59.7 Å². The number of aliphatic imine (C=N–C) groups is 1. The van der Waals surface area contributed by atoms with Crippen LogP contribution in [0.25, 0.3) is 0 Å². The fourth-order valence-electron chi connectivity index (χ4n) is 7.15. The highest BCUT2D eigenvalue weighted by atomic mass is 16.4. The van der Waals surface area contributed by atoms with Gasteiger partial charge in [-0.3, -0.25) is 52.9 Å². The SMILES string of the molecule is CC[C@H](C)[C@H](NC(=O)[C@H](CCCN=C(N)N)NC(=O)[C@@H](N)CCC(=O)O)C(=O)NCC(=O)N[C@H](C(=O)N[C@@H](CO)C(=O)N[C@@H](CC(N)=O)C(=O)N[C@@H](Cc1ccc(O)cc1)C(=O)N[C@@H](Cc1ccc(O)cc1)C(=O)O)[C@@H](C)O. The van der Waals surface area contributed by atoms with E-state index in [9.17, 15) is 78.3 Å². The molecule has 0 aromatic heterocycles. The average molecular weight is 1100 g/mol. The molecule has 0 bridgehead atoms. The highest BCUT2D eigenvalue weighted by Gasteiger charge is 2.36. The number of nitrogens with zero attached hydrogens (tertiary/aromatic N) is 1. The Hall–Kier alpha value is -8.64. The Morgan fingerprint density at radius 2 is 1.08 bits per heavy atom. The molecular formula is C48H71N13O17. The Morgan fingerprint density at radius 1 is 0.590 bits per heavy atom. The van der Waals surface area contributed by atoms with Crippen LogP contribution in [0.4, 0.5) is 0 Å². The monoisotopic (exact) mass is 1100 g/mol. The van der Waals surface area contributed by atoms with Gasteiger partial charge in [-0.05, 0) is 67.5 Å². The van der Waals surface area contributed by atoms with Gasteiger partial charge < -0.3 is 96.1 Å². The van der Waals surface area contributed by atoms with Crippen molar-refractivity contribution in [2.24, 2.45) is 33.8 Å². The molecule has 2 aromatic carbocycles. The first-order chi connectivity index (χ1) is 36.6. The molecule has 2 aromatic rings. The Labute approximate surface area is 447 Å². The number of rotatable bonds is 34. The van der Waals surface area contributed by atoms with Crippen molar-refractivity contribution in [2.75, 3.05) is 19.7 Å². The molecule has 0 aliphatic carbocycles. The highest BCUT2D eigenvalue weighted by Crippen LogP contribution is 2.15. The van der Waals surface area contributed by atoms with Crippen molar-refractivity contribution in [3.63, 3.8) is 0 Å². The van der Waals surface area contributed by atoms with Crippen molar-refractivity contribution < 1.29 is 83.4 Å². The zero-order valence-corrected chi connectivity index (χ0v) is 43.1. The molecule has 9 amide bonds. The Kier molecular flexibility index (Phi) is 27.5. The van der Waals surface area contributed by atoms with Crippen molar-refractivity contribution in [2.45, 2.75) is 127 Å². The van der Waals surface area contributed by atoms with Crippen LogP contribution in [0.2, 0.25) is 0 Å².